The number of nitro benzene ring substituents is 1. The number of aromatic nitrogens is 2. The number of carbonyl (C=O) groups is 1. The second-order valence-electron chi connectivity index (χ2n) is 3.58. The zero-order valence-electron chi connectivity index (χ0n) is 9.48. The molecule has 0 fully saturated rings. The molecule has 94 valence electrons. The van der Waals surface area contributed by atoms with Crippen LogP contribution < -0.4 is 5.73 Å². The van der Waals surface area contributed by atoms with Crippen molar-refractivity contribution in [2.24, 2.45) is 0 Å². The molecule has 2 N–H and O–H groups in total. The van der Waals surface area contributed by atoms with Gasteiger partial charge in [0.1, 0.15) is 17.5 Å². The molecule has 0 saturated carbocycles. The summed E-state index contributed by atoms with van der Waals surface area (Å²) in [5.74, 6) is -0.735. The van der Waals surface area contributed by atoms with Gasteiger partial charge in [0.2, 0.25) is 0 Å². The van der Waals surface area contributed by atoms with Gasteiger partial charge in [-0.1, -0.05) is 6.07 Å². The quantitative estimate of drug-likeness (QED) is 0.629. The normalized spacial score (nSPS) is 9.84. The Bertz CT molecular complexity index is 713. The van der Waals surface area contributed by atoms with E-state index in [2.05, 4.69) is 5.10 Å². The molecular weight excluding hydrogens is 250 g/mol. The lowest BCUT2D eigenvalue weighted by Gasteiger charge is -2.02. The third kappa shape index (κ3) is 2.12. The van der Waals surface area contributed by atoms with Crippen LogP contribution in [0, 0.1) is 21.4 Å². The SMILES string of the molecule is N#Cc1cnn(C(=O)c2cccc([N+](=O)[O-])c2)c1N. The number of nitrogen functional groups attached to an aromatic ring is 1. The van der Waals surface area contributed by atoms with Crippen molar-refractivity contribution in [3.8, 4) is 6.07 Å². The fraction of sp³-hybridized carbons (Fsp3) is 0. The highest BCUT2D eigenvalue weighted by atomic mass is 16.6. The van der Waals surface area contributed by atoms with Crippen LogP contribution in [-0.4, -0.2) is 20.6 Å². The van der Waals surface area contributed by atoms with Gasteiger partial charge >= 0.3 is 0 Å². The molecule has 8 heteroatoms. The van der Waals surface area contributed by atoms with Crippen LogP contribution in [-0.2, 0) is 0 Å². The van der Waals surface area contributed by atoms with Crippen molar-refractivity contribution >= 4 is 17.4 Å². The van der Waals surface area contributed by atoms with E-state index < -0.39 is 10.8 Å². The highest BCUT2D eigenvalue weighted by Crippen LogP contribution is 2.16. The Labute approximate surface area is 106 Å². The first-order chi connectivity index (χ1) is 9.04. The van der Waals surface area contributed by atoms with Gasteiger partial charge in [-0.15, -0.1) is 0 Å². The molecule has 1 heterocycles. The van der Waals surface area contributed by atoms with Gasteiger partial charge in [0.05, 0.1) is 11.1 Å². The average molecular weight is 257 g/mol. The van der Waals surface area contributed by atoms with E-state index in [0.717, 1.165) is 16.9 Å². The van der Waals surface area contributed by atoms with E-state index in [1.54, 1.807) is 6.07 Å². The Morgan fingerprint density at radius 2 is 2.26 bits per heavy atom. The van der Waals surface area contributed by atoms with Crippen molar-refractivity contribution in [1.82, 2.24) is 9.78 Å². The molecule has 0 aliphatic rings. The second kappa shape index (κ2) is 4.58. The lowest BCUT2D eigenvalue weighted by atomic mass is 10.2. The Morgan fingerprint density at radius 1 is 1.53 bits per heavy atom. The number of anilines is 1. The van der Waals surface area contributed by atoms with Gasteiger partial charge in [0, 0.05) is 17.7 Å². The van der Waals surface area contributed by atoms with Gasteiger partial charge in [-0.2, -0.15) is 15.0 Å². The smallest absolute Gasteiger partial charge is 0.280 e. The summed E-state index contributed by atoms with van der Waals surface area (Å²) in [6.07, 6.45) is 1.16. The maximum atomic E-state index is 12.1. The number of nitrogens with zero attached hydrogens (tertiary/aromatic N) is 4. The van der Waals surface area contributed by atoms with Crippen LogP contribution in [0.15, 0.2) is 30.5 Å². The Hall–Kier alpha value is -3.21. The van der Waals surface area contributed by atoms with Crippen LogP contribution in [0.3, 0.4) is 0 Å². The predicted molar refractivity (Wildman–Crippen MR) is 64.2 cm³/mol. The first-order valence-electron chi connectivity index (χ1n) is 5.07. The highest BCUT2D eigenvalue weighted by molar-refractivity contribution is 5.97. The molecule has 19 heavy (non-hydrogen) atoms. The fourth-order valence-corrected chi connectivity index (χ4v) is 1.48. The molecule has 0 aliphatic heterocycles. The Morgan fingerprint density at radius 3 is 2.84 bits per heavy atom. The molecule has 2 aromatic rings. The van der Waals surface area contributed by atoms with Crippen LogP contribution in [0.4, 0.5) is 11.5 Å². The van der Waals surface area contributed by atoms with Gasteiger partial charge in [0.15, 0.2) is 0 Å². The summed E-state index contributed by atoms with van der Waals surface area (Å²) in [6.45, 7) is 0. The molecule has 2 rings (SSSR count). The lowest BCUT2D eigenvalue weighted by molar-refractivity contribution is -0.384. The maximum absolute atomic E-state index is 12.1. The summed E-state index contributed by atoms with van der Waals surface area (Å²) < 4.78 is 0.831. The zero-order chi connectivity index (χ0) is 14.0. The summed E-state index contributed by atoms with van der Waals surface area (Å²) >= 11 is 0. The van der Waals surface area contributed by atoms with Crippen LogP contribution in [0.25, 0.3) is 0 Å². The minimum absolute atomic E-state index is 0.0634. The first-order valence-corrected chi connectivity index (χ1v) is 5.07. The summed E-state index contributed by atoms with van der Waals surface area (Å²) in [4.78, 5) is 22.1. The standard InChI is InChI=1S/C11H7N5O3/c12-5-8-6-14-15(10(8)13)11(17)7-2-1-3-9(4-7)16(18)19/h1-4,6H,13H2. The van der Waals surface area contributed by atoms with Gasteiger partial charge in [0.25, 0.3) is 11.6 Å². The predicted octanol–water partition coefficient (Wildman–Crippen LogP) is 0.934. The molecule has 0 radical (unpaired) electrons. The van der Waals surface area contributed by atoms with Gasteiger partial charge < -0.3 is 5.73 Å². The number of carbonyl (C=O) groups excluding carboxylic acids is 1. The number of nitriles is 1. The van der Waals surface area contributed by atoms with Crippen molar-refractivity contribution in [2.45, 2.75) is 0 Å². The Balaban J connectivity index is 2.45. The molecule has 0 spiro atoms. The van der Waals surface area contributed by atoms with Crippen molar-refractivity contribution in [1.29, 1.82) is 5.26 Å². The van der Waals surface area contributed by atoms with E-state index in [-0.39, 0.29) is 22.6 Å². The minimum atomic E-state index is -0.636. The maximum Gasteiger partial charge on any atom is 0.280 e. The number of nitro groups is 1. The molecule has 0 saturated heterocycles. The third-order valence-electron chi connectivity index (χ3n) is 2.42. The monoisotopic (exact) mass is 257 g/mol. The summed E-state index contributed by atoms with van der Waals surface area (Å²) in [5, 5.41) is 23.0. The first kappa shape index (κ1) is 12.3. The summed E-state index contributed by atoms with van der Waals surface area (Å²) in [5.41, 5.74) is 5.49. The van der Waals surface area contributed by atoms with Crippen molar-refractivity contribution < 1.29 is 9.72 Å². The van der Waals surface area contributed by atoms with Crippen LogP contribution >= 0.6 is 0 Å². The van der Waals surface area contributed by atoms with Crippen LogP contribution in [0.5, 0.6) is 0 Å². The highest BCUT2D eigenvalue weighted by Gasteiger charge is 2.17. The van der Waals surface area contributed by atoms with Crippen molar-refractivity contribution in [2.75, 3.05) is 5.73 Å². The molecule has 0 aliphatic carbocycles. The van der Waals surface area contributed by atoms with Crippen LogP contribution in [0.1, 0.15) is 15.9 Å². The van der Waals surface area contributed by atoms with Gasteiger partial charge in [-0.25, -0.2) is 0 Å². The van der Waals surface area contributed by atoms with Gasteiger partial charge in [-0.3, -0.25) is 14.9 Å². The van der Waals surface area contributed by atoms with E-state index in [1.165, 1.54) is 18.2 Å². The van der Waals surface area contributed by atoms with E-state index in [9.17, 15) is 14.9 Å². The zero-order valence-corrected chi connectivity index (χ0v) is 9.48. The number of rotatable bonds is 2. The Kier molecular flexibility index (Phi) is 2.95. The topological polar surface area (TPSA) is 128 Å². The molecule has 0 atom stereocenters. The second-order valence-corrected chi connectivity index (χ2v) is 3.58. The number of benzene rings is 1. The average Bonchev–Trinajstić information content (AvgIpc) is 2.79. The van der Waals surface area contributed by atoms with E-state index in [4.69, 9.17) is 11.0 Å². The number of hydrogen-bond acceptors (Lipinski definition) is 6. The van der Waals surface area contributed by atoms with E-state index >= 15 is 0 Å². The number of non-ortho nitro benzene ring substituents is 1. The van der Waals surface area contributed by atoms with Crippen LogP contribution in [0.2, 0.25) is 0 Å². The lowest BCUT2D eigenvalue weighted by Crippen LogP contribution is -2.16. The molecule has 1 aromatic heterocycles. The van der Waals surface area contributed by atoms with E-state index in [1.807, 2.05) is 0 Å². The molecule has 0 bridgehead atoms. The molecule has 0 unspecified atom stereocenters. The van der Waals surface area contributed by atoms with Crippen molar-refractivity contribution in [3.63, 3.8) is 0 Å². The summed E-state index contributed by atoms with van der Waals surface area (Å²) in [7, 11) is 0. The molecule has 8 nitrogen and oxygen atoms in total. The van der Waals surface area contributed by atoms with E-state index in [0.29, 0.717) is 0 Å². The molecule has 0 amide bonds. The van der Waals surface area contributed by atoms with Crippen molar-refractivity contribution in [3.05, 3.63) is 51.7 Å². The largest absolute Gasteiger partial charge is 0.382 e. The third-order valence-corrected chi connectivity index (χ3v) is 2.42. The fourth-order valence-electron chi connectivity index (χ4n) is 1.48. The molecular formula is C11H7N5O3. The molecule has 1 aromatic carbocycles. The van der Waals surface area contributed by atoms with Gasteiger partial charge in [-0.05, 0) is 6.07 Å². The number of hydrogen-bond donors (Lipinski definition) is 1. The number of nitrogens with two attached hydrogens (primary N) is 1. The summed E-state index contributed by atoms with van der Waals surface area (Å²) in [6, 6.07) is 6.96. The minimum Gasteiger partial charge on any atom is -0.382 e.